The van der Waals surface area contributed by atoms with Gasteiger partial charge in [-0.15, -0.1) is 0 Å². The van der Waals surface area contributed by atoms with Gasteiger partial charge in [0.1, 0.15) is 11.6 Å². The van der Waals surface area contributed by atoms with Crippen molar-refractivity contribution in [3.63, 3.8) is 0 Å². The maximum Gasteiger partial charge on any atom is 0.286 e. The summed E-state index contributed by atoms with van der Waals surface area (Å²) in [5.74, 6) is 1.62. The molecule has 4 N–H and O–H groups in total. The number of aryl methyl sites for hydroxylation is 1. The van der Waals surface area contributed by atoms with E-state index < -0.39 is 0 Å². The number of hydrogen-bond acceptors (Lipinski definition) is 4. The van der Waals surface area contributed by atoms with Gasteiger partial charge in [-0.25, -0.2) is 4.98 Å². The Bertz CT molecular complexity index is 490. The Hall–Kier alpha value is -2.08. The summed E-state index contributed by atoms with van der Waals surface area (Å²) in [5.41, 5.74) is 5.40. The van der Waals surface area contributed by atoms with Gasteiger partial charge in [0.2, 0.25) is 0 Å². The van der Waals surface area contributed by atoms with E-state index in [0.29, 0.717) is 24.6 Å². The molecular weight excluding hydrogens is 232 g/mol. The average Bonchev–Trinajstić information content (AvgIpc) is 3.05. The van der Waals surface area contributed by atoms with Crippen LogP contribution < -0.4 is 11.1 Å². The van der Waals surface area contributed by atoms with Crippen LogP contribution in [0.4, 0.5) is 0 Å². The van der Waals surface area contributed by atoms with Crippen molar-refractivity contribution in [1.82, 2.24) is 15.3 Å². The van der Waals surface area contributed by atoms with E-state index in [1.807, 2.05) is 0 Å². The maximum atomic E-state index is 11.7. The molecule has 0 fully saturated rings. The van der Waals surface area contributed by atoms with Gasteiger partial charge in [0, 0.05) is 25.4 Å². The Kier molecular flexibility index (Phi) is 4.14. The first-order valence-corrected chi connectivity index (χ1v) is 5.85. The topological polar surface area (TPSA) is 96.9 Å². The van der Waals surface area contributed by atoms with Crippen LogP contribution in [0.3, 0.4) is 0 Å². The van der Waals surface area contributed by atoms with E-state index in [1.165, 1.54) is 0 Å². The highest BCUT2D eigenvalue weighted by Gasteiger charge is 2.09. The molecule has 0 saturated heterocycles. The van der Waals surface area contributed by atoms with E-state index in [1.54, 1.807) is 24.5 Å². The Morgan fingerprint density at radius 1 is 1.50 bits per heavy atom. The van der Waals surface area contributed by atoms with E-state index in [0.717, 1.165) is 18.7 Å². The normalized spacial score (nSPS) is 10.5. The van der Waals surface area contributed by atoms with Gasteiger partial charge in [-0.3, -0.25) is 4.79 Å². The van der Waals surface area contributed by atoms with Crippen molar-refractivity contribution in [2.45, 2.75) is 19.4 Å². The zero-order valence-corrected chi connectivity index (χ0v) is 9.98. The highest BCUT2D eigenvalue weighted by molar-refractivity contribution is 5.91. The van der Waals surface area contributed by atoms with Crippen molar-refractivity contribution in [2.75, 3.05) is 6.54 Å². The average molecular weight is 248 g/mol. The highest BCUT2D eigenvalue weighted by atomic mass is 16.4. The molecule has 0 aliphatic carbocycles. The number of aromatic amines is 1. The molecule has 0 aromatic carbocycles. The molecule has 2 aromatic heterocycles. The number of carbonyl (C=O) groups excluding carboxylic acids is 1. The van der Waals surface area contributed by atoms with Crippen molar-refractivity contribution < 1.29 is 9.21 Å². The van der Waals surface area contributed by atoms with E-state index in [-0.39, 0.29) is 5.91 Å². The SMILES string of the molecule is NCc1ccc(C(=O)NCCCc2ncc[nH]2)o1. The Morgan fingerprint density at radius 2 is 2.39 bits per heavy atom. The lowest BCUT2D eigenvalue weighted by atomic mass is 10.3. The van der Waals surface area contributed by atoms with Crippen LogP contribution in [0.5, 0.6) is 0 Å². The zero-order chi connectivity index (χ0) is 12.8. The minimum atomic E-state index is -0.214. The summed E-state index contributed by atoms with van der Waals surface area (Å²) >= 11 is 0. The number of imidazole rings is 1. The molecule has 2 rings (SSSR count). The first-order chi connectivity index (χ1) is 8.79. The smallest absolute Gasteiger partial charge is 0.286 e. The lowest BCUT2D eigenvalue weighted by Gasteiger charge is -2.02. The fraction of sp³-hybridized carbons (Fsp3) is 0.333. The van der Waals surface area contributed by atoms with Crippen LogP contribution in [0.2, 0.25) is 0 Å². The first kappa shape index (κ1) is 12.4. The summed E-state index contributed by atoms with van der Waals surface area (Å²) in [6.07, 6.45) is 5.12. The molecule has 0 bridgehead atoms. The predicted molar refractivity (Wildman–Crippen MR) is 65.8 cm³/mol. The monoisotopic (exact) mass is 248 g/mol. The number of nitrogens with two attached hydrogens (primary N) is 1. The number of furan rings is 1. The molecule has 0 atom stereocenters. The molecule has 1 amide bonds. The third-order valence-corrected chi connectivity index (χ3v) is 2.52. The van der Waals surface area contributed by atoms with Gasteiger partial charge in [0.15, 0.2) is 5.76 Å². The number of H-pyrrole nitrogens is 1. The molecule has 0 spiro atoms. The van der Waals surface area contributed by atoms with Gasteiger partial charge in [-0.2, -0.15) is 0 Å². The third-order valence-electron chi connectivity index (χ3n) is 2.52. The molecule has 0 aliphatic rings. The number of nitrogens with zero attached hydrogens (tertiary/aromatic N) is 1. The second-order valence-corrected chi connectivity index (χ2v) is 3.87. The van der Waals surface area contributed by atoms with Gasteiger partial charge in [0.25, 0.3) is 5.91 Å². The maximum absolute atomic E-state index is 11.7. The Balaban J connectivity index is 1.71. The van der Waals surface area contributed by atoms with Crippen molar-refractivity contribution in [3.05, 3.63) is 41.9 Å². The van der Waals surface area contributed by atoms with Gasteiger partial charge >= 0.3 is 0 Å². The van der Waals surface area contributed by atoms with Crippen LogP contribution in [0.1, 0.15) is 28.6 Å². The van der Waals surface area contributed by atoms with Gasteiger partial charge in [0.05, 0.1) is 6.54 Å². The molecule has 0 aliphatic heterocycles. The number of carbonyl (C=O) groups is 1. The second kappa shape index (κ2) is 6.02. The number of amides is 1. The zero-order valence-electron chi connectivity index (χ0n) is 9.98. The molecular formula is C12H16N4O2. The van der Waals surface area contributed by atoms with Crippen molar-refractivity contribution >= 4 is 5.91 Å². The third kappa shape index (κ3) is 3.21. The molecule has 6 heteroatoms. The van der Waals surface area contributed by atoms with E-state index in [4.69, 9.17) is 10.2 Å². The summed E-state index contributed by atoms with van der Waals surface area (Å²) in [6.45, 7) is 0.879. The van der Waals surface area contributed by atoms with Crippen LogP contribution in [-0.4, -0.2) is 22.4 Å². The summed E-state index contributed by atoms with van der Waals surface area (Å²) in [4.78, 5) is 18.8. The Labute approximate surface area is 105 Å². The molecule has 18 heavy (non-hydrogen) atoms. The number of hydrogen-bond donors (Lipinski definition) is 3. The molecule has 6 nitrogen and oxygen atoms in total. The van der Waals surface area contributed by atoms with E-state index in [2.05, 4.69) is 15.3 Å². The van der Waals surface area contributed by atoms with Crippen molar-refractivity contribution in [2.24, 2.45) is 5.73 Å². The van der Waals surface area contributed by atoms with Gasteiger partial charge in [-0.1, -0.05) is 0 Å². The van der Waals surface area contributed by atoms with Crippen LogP contribution in [-0.2, 0) is 13.0 Å². The number of rotatable bonds is 6. The van der Waals surface area contributed by atoms with Crippen LogP contribution >= 0.6 is 0 Å². The van der Waals surface area contributed by atoms with E-state index >= 15 is 0 Å². The fourth-order valence-electron chi connectivity index (χ4n) is 1.59. The van der Waals surface area contributed by atoms with Crippen molar-refractivity contribution in [1.29, 1.82) is 0 Å². The van der Waals surface area contributed by atoms with Crippen LogP contribution in [0.25, 0.3) is 0 Å². The summed E-state index contributed by atoms with van der Waals surface area (Å²) < 4.78 is 5.24. The van der Waals surface area contributed by atoms with Crippen LogP contribution in [0, 0.1) is 0 Å². The molecule has 0 unspecified atom stereocenters. The van der Waals surface area contributed by atoms with Crippen molar-refractivity contribution in [3.8, 4) is 0 Å². The first-order valence-electron chi connectivity index (χ1n) is 5.85. The largest absolute Gasteiger partial charge is 0.455 e. The second-order valence-electron chi connectivity index (χ2n) is 3.87. The number of aromatic nitrogens is 2. The van der Waals surface area contributed by atoms with Gasteiger partial charge < -0.3 is 20.5 Å². The fourth-order valence-corrected chi connectivity index (χ4v) is 1.59. The summed E-state index contributed by atoms with van der Waals surface area (Å²) in [5, 5.41) is 2.78. The molecule has 96 valence electrons. The minimum absolute atomic E-state index is 0.214. The lowest BCUT2D eigenvalue weighted by molar-refractivity contribution is 0.0923. The molecule has 2 aromatic rings. The standard InChI is InChI=1S/C12H16N4O2/c13-8-9-3-4-10(18-9)12(17)16-5-1-2-11-14-6-7-15-11/h3-4,6-7H,1-2,5,8,13H2,(H,14,15)(H,16,17). The summed E-state index contributed by atoms with van der Waals surface area (Å²) in [7, 11) is 0. The van der Waals surface area contributed by atoms with Crippen LogP contribution in [0.15, 0.2) is 28.9 Å². The number of nitrogens with one attached hydrogen (secondary N) is 2. The molecule has 0 saturated carbocycles. The highest BCUT2D eigenvalue weighted by Crippen LogP contribution is 2.06. The molecule has 2 heterocycles. The Morgan fingerprint density at radius 3 is 3.06 bits per heavy atom. The van der Waals surface area contributed by atoms with E-state index in [9.17, 15) is 4.79 Å². The minimum Gasteiger partial charge on any atom is -0.455 e. The predicted octanol–water partition coefficient (Wildman–Crippen LogP) is 0.824. The van der Waals surface area contributed by atoms with Gasteiger partial charge in [-0.05, 0) is 18.6 Å². The molecule has 0 radical (unpaired) electrons. The summed E-state index contributed by atoms with van der Waals surface area (Å²) in [6, 6.07) is 3.34. The quantitative estimate of drug-likeness (QED) is 0.659. The lowest BCUT2D eigenvalue weighted by Crippen LogP contribution is -2.24.